The van der Waals surface area contributed by atoms with Crippen molar-refractivity contribution in [1.29, 1.82) is 0 Å². The van der Waals surface area contributed by atoms with Crippen molar-refractivity contribution in [3.63, 3.8) is 0 Å². The number of esters is 1. The van der Waals surface area contributed by atoms with E-state index in [0.717, 1.165) is 41.3 Å². The van der Waals surface area contributed by atoms with E-state index in [1.54, 1.807) is 10.6 Å². The van der Waals surface area contributed by atoms with Gasteiger partial charge in [-0.25, -0.2) is 9.78 Å². The first kappa shape index (κ1) is 23.4. The quantitative estimate of drug-likeness (QED) is 0.438. The molecule has 0 aliphatic carbocycles. The number of aliphatic hydroxyl groups is 1. The van der Waals surface area contributed by atoms with Crippen molar-refractivity contribution in [1.82, 2.24) is 9.55 Å². The maximum absolute atomic E-state index is 13.3. The van der Waals surface area contributed by atoms with Crippen LogP contribution in [0.2, 0.25) is 0 Å². The number of rotatable bonds is 4. The Morgan fingerprint density at radius 2 is 1.77 bits per heavy atom. The molecule has 0 amide bonds. The van der Waals surface area contributed by atoms with E-state index in [1.807, 2.05) is 26.0 Å². The first-order chi connectivity index (χ1) is 17.0. The summed E-state index contributed by atoms with van der Waals surface area (Å²) in [6, 6.07) is 5.61. The topological polar surface area (TPSA) is 99.9 Å². The van der Waals surface area contributed by atoms with Gasteiger partial charge in [0.15, 0.2) is 17.6 Å². The predicted molar refractivity (Wildman–Crippen MR) is 131 cm³/mol. The number of nitrogens with zero attached hydrogens (tertiary/aromatic N) is 2. The number of benzene rings is 1. The first-order valence-electron chi connectivity index (χ1n) is 12.4. The summed E-state index contributed by atoms with van der Waals surface area (Å²) in [6.45, 7) is 8.84. The standard InChI is InChI=1S/C25H24N2O6.C2H6/c1-3-12(4-2)5-13-14-7-20-21(33-11-32-20)8-18(14)26-22-16(13)9-27-19(22)6-15-17(24(27)29)10-31-25(30)23(15)28;1-2/h6-8,12,23,28H,3-5,9-11H2,1-2H3;1-2H3. The molecule has 1 unspecified atom stereocenters. The summed E-state index contributed by atoms with van der Waals surface area (Å²) in [7, 11) is 0. The second-order valence-electron chi connectivity index (χ2n) is 8.89. The van der Waals surface area contributed by atoms with Crippen LogP contribution in [0.3, 0.4) is 0 Å². The van der Waals surface area contributed by atoms with Crippen molar-refractivity contribution in [3.05, 3.63) is 50.8 Å². The maximum Gasteiger partial charge on any atom is 0.340 e. The van der Waals surface area contributed by atoms with Crippen LogP contribution in [0, 0.1) is 5.92 Å². The Balaban J connectivity index is 0.00000124. The van der Waals surface area contributed by atoms with Crippen LogP contribution in [0.1, 0.15) is 68.9 Å². The highest BCUT2D eigenvalue weighted by Crippen LogP contribution is 2.43. The van der Waals surface area contributed by atoms with Crippen LogP contribution in [0.4, 0.5) is 0 Å². The largest absolute Gasteiger partial charge is 0.458 e. The van der Waals surface area contributed by atoms with Crippen molar-refractivity contribution in [2.45, 2.75) is 66.2 Å². The summed E-state index contributed by atoms with van der Waals surface area (Å²) in [4.78, 5) is 30.2. The summed E-state index contributed by atoms with van der Waals surface area (Å²) in [5.74, 6) is 1.12. The number of carbonyl (C=O) groups is 1. The smallest absolute Gasteiger partial charge is 0.340 e. The molecule has 1 atom stereocenters. The zero-order chi connectivity index (χ0) is 24.9. The lowest BCUT2D eigenvalue weighted by atomic mass is 9.89. The Morgan fingerprint density at radius 3 is 2.49 bits per heavy atom. The van der Waals surface area contributed by atoms with Gasteiger partial charge in [-0.15, -0.1) is 0 Å². The van der Waals surface area contributed by atoms with Gasteiger partial charge < -0.3 is 23.9 Å². The van der Waals surface area contributed by atoms with Crippen LogP contribution in [0.5, 0.6) is 11.5 Å². The van der Waals surface area contributed by atoms with E-state index in [9.17, 15) is 14.7 Å². The molecule has 0 saturated carbocycles. The van der Waals surface area contributed by atoms with Crippen LogP contribution in [-0.2, 0) is 29.1 Å². The van der Waals surface area contributed by atoms with Gasteiger partial charge in [-0.2, -0.15) is 0 Å². The molecule has 0 fully saturated rings. The Morgan fingerprint density at radius 1 is 1.06 bits per heavy atom. The molecular weight excluding hydrogens is 448 g/mol. The van der Waals surface area contributed by atoms with Gasteiger partial charge in [0.25, 0.3) is 5.56 Å². The normalized spacial score (nSPS) is 17.0. The minimum Gasteiger partial charge on any atom is -0.458 e. The number of hydrogen-bond donors (Lipinski definition) is 1. The molecule has 184 valence electrons. The summed E-state index contributed by atoms with van der Waals surface area (Å²) < 4.78 is 17.9. The second-order valence-corrected chi connectivity index (χ2v) is 8.89. The molecule has 0 radical (unpaired) electrons. The molecule has 1 N–H and O–H groups in total. The minimum atomic E-state index is -1.46. The second kappa shape index (κ2) is 9.00. The number of ether oxygens (including phenoxy) is 3. The molecule has 3 aromatic rings. The molecule has 0 saturated heterocycles. The van der Waals surface area contributed by atoms with E-state index in [-0.39, 0.29) is 19.0 Å². The van der Waals surface area contributed by atoms with E-state index in [2.05, 4.69) is 13.8 Å². The van der Waals surface area contributed by atoms with Gasteiger partial charge in [0.05, 0.1) is 29.0 Å². The van der Waals surface area contributed by atoms with Gasteiger partial charge in [0, 0.05) is 22.6 Å². The third-order valence-corrected chi connectivity index (χ3v) is 7.22. The molecule has 3 aliphatic rings. The molecule has 6 rings (SSSR count). The summed E-state index contributed by atoms with van der Waals surface area (Å²) in [5.41, 5.74) is 4.66. The molecule has 35 heavy (non-hydrogen) atoms. The lowest BCUT2D eigenvalue weighted by molar-refractivity contribution is -0.157. The number of cyclic esters (lactones) is 1. The molecule has 1 aromatic carbocycles. The number of pyridine rings is 2. The Labute approximate surface area is 203 Å². The molecule has 5 heterocycles. The molecule has 3 aliphatic heterocycles. The van der Waals surface area contributed by atoms with Crippen molar-refractivity contribution >= 4 is 16.9 Å². The molecule has 8 nitrogen and oxygen atoms in total. The van der Waals surface area contributed by atoms with Crippen LogP contribution in [0.25, 0.3) is 22.3 Å². The van der Waals surface area contributed by atoms with Crippen molar-refractivity contribution in [2.24, 2.45) is 5.92 Å². The van der Waals surface area contributed by atoms with Crippen molar-refractivity contribution in [2.75, 3.05) is 6.79 Å². The van der Waals surface area contributed by atoms with Gasteiger partial charge in [0.2, 0.25) is 6.79 Å². The van der Waals surface area contributed by atoms with Crippen molar-refractivity contribution < 1.29 is 24.1 Å². The first-order valence-corrected chi connectivity index (χ1v) is 12.4. The third kappa shape index (κ3) is 3.58. The van der Waals surface area contributed by atoms with Gasteiger partial charge in [-0.1, -0.05) is 40.5 Å². The van der Waals surface area contributed by atoms with Crippen LogP contribution in [-0.4, -0.2) is 27.4 Å². The van der Waals surface area contributed by atoms with E-state index >= 15 is 0 Å². The van der Waals surface area contributed by atoms with Gasteiger partial charge in [0.1, 0.15) is 6.61 Å². The van der Waals surface area contributed by atoms with Crippen molar-refractivity contribution in [3.8, 4) is 22.9 Å². The number of aromatic nitrogens is 2. The van der Waals surface area contributed by atoms with E-state index in [4.69, 9.17) is 19.2 Å². The number of carbonyl (C=O) groups excluding carboxylic acids is 1. The van der Waals surface area contributed by atoms with E-state index < -0.39 is 12.1 Å². The lowest BCUT2D eigenvalue weighted by Crippen LogP contribution is -2.32. The fraction of sp³-hybridized carbons (Fsp3) is 0.444. The Hall–Kier alpha value is -3.39. The molecule has 0 bridgehead atoms. The molecule has 2 aromatic heterocycles. The van der Waals surface area contributed by atoms with E-state index in [1.165, 1.54) is 0 Å². The lowest BCUT2D eigenvalue weighted by Gasteiger charge is -2.21. The Bertz CT molecular complexity index is 1390. The van der Waals surface area contributed by atoms with E-state index in [0.29, 0.717) is 46.5 Å². The highest BCUT2D eigenvalue weighted by atomic mass is 16.7. The van der Waals surface area contributed by atoms with Crippen LogP contribution >= 0.6 is 0 Å². The fourth-order valence-corrected chi connectivity index (χ4v) is 5.20. The predicted octanol–water partition coefficient (Wildman–Crippen LogP) is 4.25. The van der Waals surface area contributed by atoms with Gasteiger partial charge >= 0.3 is 5.97 Å². The summed E-state index contributed by atoms with van der Waals surface area (Å²) in [6.07, 6.45) is 1.49. The van der Waals surface area contributed by atoms with Gasteiger partial charge in [-0.05, 0) is 30.0 Å². The van der Waals surface area contributed by atoms with Crippen LogP contribution < -0.4 is 15.0 Å². The Kier molecular flexibility index (Phi) is 6.01. The zero-order valence-corrected chi connectivity index (χ0v) is 20.5. The number of fused-ring (bicyclic) bond motifs is 6. The SMILES string of the molecule is CC.CCC(CC)Cc1c2c(nc3cc4c(cc13)OCO4)-c1cc3c(c(=O)n1C2)COC(=O)C3O. The summed E-state index contributed by atoms with van der Waals surface area (Å²) in [5, 5.41) is 11.4. The minimum absolute atomic E-state index is 0.127. The highest BCUT2D eigenvalue weighted by molar-refractivity contribution is 5.91. The zero-order valence-electron chi connectivity index (χ0n) is 20.5. The number of hydrogen-bond acceptors (Lipinski definition) is 7. The monoisotopic (exact) mass is 478 g/mol. The fourth-order valence-electron chi connectivity index (χ4n) is 5.20. The average molecular weight is 479 g/mol. The molecule has 0 spiro atoms. The number of aliphatic hydroxyl groups excluding tert-OH is 1. The van der Waals surface area contributed by atoms with Gasteiger partial charge in [-0.3, -0.25) is 4.79 Å². The highest BCUT2D eigenvalue weighted by Gasteiger charge is 2.35. The van der Waals surface area contributed by atoms with Crippen LogP contribution in [0.15, 0.2) is 23.0 Å². The average Bonchev–Trinajstić information content (AvgIpc) is 3.49. The third-order valence-electron chi connectivity index (χ3n) is 7.22. The molecule has 8 heteroatoms. The molecular formula is C27H30N2O6. The maximum atomic E-state index is 13.3. The summed E-state index contributed by atoms with van der Waals surface area (Å²) >= 11 is 0.